The normalized spacial score (nSPS) is 10.1. The number of anilines is 1. The number of halogens is 1. The number of aryl methyl sites for hydroxylation is 1. The Labute approximate surface area is 104 Å². The first-order chi connectivity index (χ1) is 7.11. The molecule has 0 amide bonds. The Bertz CT molecular complexity index is 359. The van der Waals surface area contributed by atoms with Crippen LogP contribution in [0.25, 0.3) is 3.58 Å². The van der Waals surface area contributed by atoms with Crippen molar-refractivity contribution in [2.45, 2.75) is 33.6 Å². The van der Waals surface area contributed by atoms with E-state index >= 15 is 0 Å². The molecule has 0 unspecified atom stereocenters. The van der Waals surface area contributed by atoms with Crippen LogP contribution in [0, 0.1) is 6.92 Å². The average molecular weight is 317 g/mol. The summed E-state index contributed by atoms with van der Waals surface area (Å²) in [6, 6.07) is 0. The van der Waals surface area contributed by atoms with Crippen LogP contribution in [0.2, 0.25) is 0 Å². The molecule has 1 aromatic heterocycles. The van der Waals surface area contributed by atoms with E-state index in [-0.39, 0.29) is 0 Å². The molecule has 1 rings (SSSR count). The molecule has 0 saturated heterocycles. The quantitative estimate of drug-likeness (QED) is 0.870. The number of allylic oxidation sites excluding steroid dienone is 1. The maximum atomic E-state index is 5.88. The zero-order valence-corrected chi connectivity index (χ0v) is 11.5. The molecule has 0 aromatic carbocycles. The van der Waals surface area contributed by atoms with Gasteiger partial charge in [-0.25, -0.2) is 9.97 Å². The highest BCUT2D eigenvalue weighted by atomic mass is 127. The summed E-state index contributed by atoms with van der Waals surface area (Å²) in [5, 5.41) is 0. The molecule has 1 heterocycles. The number of nitrogens with zero attached hydrogens (tertiary/aromatic N) is 2. The van der Waals surface area contributed by atoms with Crippen molar-refractivity contribution in [3.8, 4) is 0 Å². The second-order valence-corrected chi connectivity index (χ2v) is 4.42. The van der Waals surface area contributed by atoms with Crippen molar-refractivity contribution in [1.29, 1.82) is 0 Å². The SMILES string of the molecule is CCC(CC)=C(I)c1c(C)ncnc1N. The largest absolute Gasteiger partial charge is 0.383 e. The van der Waals surface area contributed by atoms with Crippen LogP contribution in [-0.2, 0) is 0 Å². The zero-order valence-electron chi connectivity index (χ0n) is 9.34. The number of aromatic nitrogens is 2. The van der Waals surface area contributed by atoms with Crippen LogP contribution < -0.4 is 5.73 Å². The molecule has 3 nitrogen and oxygen atoms in total. The van der Waals surface area contributed by atoms with Gasteiger partial charge in [-0.15, -0.1) is 0 Å². The van der Waals surface area contributed by atoms with Crippen molar-refractivity contribution in [1.82, 2.24) is 9.97 Å². The summed E-state index contributed by atoms with van der Waals surface area (Å²) in [5.41, 5.74) is 9.23. The molecule has 4 heteroatoms. The number of hydrogen-bond donors (Lipinski definition) is 1. The van der Waals surface area contributed by atoms with Gasteiger partial charge in [0.05, 0.1) is 11.3 Å². The van der Waals surface area contributed by atoms with Gasteiger partial charge in [-0.3, -0.25) is 0 Å². The minimum absolute atomic E-state index is 0.575. The Hall–Kier alpha value is -0.650. The Kier molecular flexibility index (Phi) is 4.50. The minimum atomic E-state index is 0.575. The van der Waals surface area contributed by atoms with E-state index in [1.807, 2.05) is 6.92 Å². The van der Waals surface area contributed by atoms with Crippen molar-refractivity contribution in [2.24, 2.45) is 0 Å². The molecule has 0 spiro atoms. The predicted octanol–water partition coefficient (Wildman–Crippen LogP) is 3.33. The van der Waals surface area contributed by atoms with Gasteiger partial charge >= 0.3 is 0 Å². The van der Waals surface area contributed by atoms with Crippen LogP contribution in [-0.4, -0.2) is 9.97 Å². The third-order valence-corrected chi connectivity index (χ3v) is 3.75. The van der Waals surface area contributed by atoms with Gasteiger partial charge in [-0.2, -0.15) is 0 Å². The van der Waals surface area contributed by atoms with Gasteiger partial charge in [0, 0.05) is 3.58 Å². The summed E-state index contributed by atoms with van der Waals surface area (Å²) >= 11 is 2.34. The predicted molar refractivity (Wildman–Crippen MR) is 72.7 cm³/mol. The lowest BCUT2D eigenvalue weighted by molar-refractivity contribution is 0.986. The van der Waals surface area contributed by atoms with Crippen molar-refractivity contribution in [3.63, 3.8) is 0 Å². The standard InChI is InChI=1S/C11H16IN3/c1-4-8(5-2)10(12)9-7(3)14-6-15-11(9)13/h6H,4-5H2,1-3H3,(H2,13,14,15). The lowest BCUT2D eigenvalue weighted by Crippen LogP contribution is -2.01. The van der Waals surface area contributed by atoms with Crippen molar-refractivity contribution < 1.29 is 0 Å². The lowest BCUT2D eigenvalue weighted by Gasteiger charge is -2.10. The van der Waals surface area contributed by atoms with Gasteiger partial charge in [0.2, 0.25) is 0 Å². The molecule has 0 aliphatic heterocycles. The Morgan fingerprint density at radius 2 is 1.93 bits per heavy atom. The van der Waals surface area contributed by atoms with Crippen LogP contribution in [0.3, 0.4) is 0 Å². The van der Waals surface area contributed by atoms with Crippen LogP contribution in [0.5, 0.6) is 0 Å². The summed E-state index contributed by atoms with van der Waals surface area (Å²) in [4.78, 5) is 8.22. The first-order valence-electron chi connectivity index (χ1n) is 5.06. The summed E-state index contributed by atoms with van der Waals surface area (Å²) in [6.45, 7) is 6.29. The smallest absolute Gasteiger partial charge is 0.135 e. The van der Waals surface area contributed by atoms with E-state index in [0.29, 0.717) is 5.82 Å². The fourth-order valence-electron chi connectivity index (χ4n) is 1.50. The fraction of sp³-hybridized carbons (Fsp3) is 0.455. The van der Waals surface area contributed by atoms with Crippen LogP contribution in [0.1, 0.15) is 37.9 Å². The second-order valence-electron chi connectivity index (χ2n) is 3.34. The van der Waals surface area contributed by atoms with E-state index in [1.54, 1.807) is 0 Å². The summed E-state index contributed by atoms with van der Waals surface area (Å²) < 4.78 is 1.20. The van der Waals surface area contributed by atoms with Crippen molar-refractivity contribution in [3.05, 3.63) is 23.2 Å². The molecule has 2 N–H and O–H groups in total. The monoisotopic (exact) mass is 317 g/mol. The van der Waals surface area contributed by atoms with E-state index in [4.69, 9.17) is 5.73 Å². The first-order valence-corrected chi connectivity index (χ1v) is 6.14. The first kappa shape index (κ1) is 12.4. The third kappa shape index (κ3) is 2.68. The number of hydrogen-bond acceptors (Lipinski definition) is 3. The molecular weight excluding hydrogens is 301 g/mol. The van der Waals surface area contributed by atoms with Crippen molar-refractivity contribution >= 4 is 32.0 Å². The maximum Gasteiger partial charge on any atom is 0.135 e. The lowest BCUT2D eigenvalue weighted by atomic mass is 10.1. The molecule has 0 aliphatic rings. The van der Waals surface area contributed by atoms with E-state index in [9.17, 15) is 0 Å². The highest BCUT2D eigenvalue weighted by Gasteiger charge is 2.11. The highest BCUT2D eigenvalue weighted by Crippen LogP contribution is 2.33. The third-order valence-electron chi connectivity index (χ3n) is 2.45. The molecule has 1 aromatic rings. The zero-order chi connectivity index (χ0) is 11.4. The Morgan fingerprint density at radius 1 is 1.33 bits per heavy atom. The Balaban J connectivity index is 3.32. The number of nitrogen functional groups attached to an aromatic ring is 1. The molecule has 0 atom stereocenters. The van der Waals surface area contributed by atoms with Gasteiger partial charge < -0.3 is 5.73 Å². The van der Waals surface area contributed by atoms with Gasteiger partial charge in [0.1, 0.15) is 12.1 Å². The number of nitrogens with two attached hydrogens (primary N) is 1. The summed E-state index contributed by atoms with van der Waals surface area (Å²) in [5.74, 6) is 0.575. The number of rotatable bonds is 3. The fourth-order valence-corrected chi connectivity index (χ4v) is 2.93. The second kappa shape index (κ2) is 5.44. The molecule has 15 heavy (non-hydrogen) atoms. The van der Waals surface area contributed by atoms with E-state index in [2.05, 4.69) is 46.4 Å². The molecule has 0 fully saturated rings. The van der Waals surface area contributed by atoms with Crippen LogP contribution in [0.4, 0.5) is 5.82 Å². The van der Waals surface area contributed by atoms with Gasteiger partial charge in [0.25, 0.3) is 0 Å². The molecular formula is C11H16IN3. The molecule has 0 bridgehead atoms. The van der Waals surface area contributed by atoms with E-state index in [1.165, 1.54) is 15.5 Å². The van der Waals surface area contributed by atoms with Gasteiger partial charge in [0.15, 0.2) is 0 Å². The van der Waals surface area contributed by atoms with E-state index in [0.717, 1.165) is 24.1 Å². The molecule has 0 saturated carbocycles. The van der Waals surface area contributed by atoms with Crippen LogP contribution >= 0.6 is 22.6 Å². The summed E-state index contributed by atoms with van der Waals surface area (Å²) in [7, 11) is 0. The average Bonchev–Trinajstić information content (AvgIpc) is 2.19. The van der Waals surface area contributed by atoms with Crippen molar-refractivity contribution in [2.75, 3.05) is 5.73 Å². The summed E-state index contributed by atoms with van der Waals surface area (Å²) in [6.07, 6.45) is 3.60. The van der Waals surface area contributed by atoms with E-state index < -0.39 is 0 Å². The maximum absolute atomic E-state index is 5.88. The minimum Gasteiger partial charge on any atom is -0.383 e. The van der Waals surface area contributed by atoms with Gasteiger partial charge in [-0.1, -0.05) is 19.4 Å². The molecule has 0 aliphatic carbocycles. The molecule has 82 valence electrons. The topological polar surface area (TPSA) is 51.8 Å². The Morgan fingerprint density at radius 3 is 2.40 bits per heavy atom. The highest BCUT2D eigenvalue weighted by molar-refractivity contribution is 14.1. The molecule has 0 radical (unpaired) electrons. The van der Waals surface area contributed by atoms with Gasteiger partial charge in [-0.05, 0) is 42.4 Å². The van der Waals surface area contributed by atoms with Crippen LogP contribution in [0.15, 0.2) is 11.9 Å².